The number of nitrogens with one attached hydrogen (secondary N) is 2. The number of hydrogen-bond acceptors (Lipinski definition) is 4. The molecule has 0 radical (unpaired) electrons. The fraction of sp³-hybridized carbons (Fsp3) is 0.619. The van der Waals surface area contributed by atoms with Gasteiger partial charge in [0.15, 0.2) is 11.5 Å². The van der Waals surface area contributed by atoms with E-state index in [0.717, 1.165) is 31.2 Å². The number of unbranched alkanes of at least 4 members (excludes halogenated alkanes) is 2. The van der Waals surface area contributed by atoms with Crippen LogP contribution in [0.2, 0.25) is 0 Å². The molecule has 1 rings (SSSR count). The van der Waals surface area contributed by atoms with Gasteiger partial charge in [-0.1, -0.05) is 32.8 Å². The molecule has 0 heterocycles. The minimum atomic E-state index is -0.597. The molecule has 0 aromatic heterocycles. The summed E-state index contributed by atoms with van der Waals surface area (Å²) in [6, 6.07) is 5.44. The fourth-order valence-corrected chi connectivity index (χ4v) is 2.56. The molecule has 0 saturated carbocycles. The molecule has 27 heavy (non-hydrogen) atoms. The van der Waals surface area contributed by atoms with E-state index in [1.165, 1.54) is 0 Å². The quantitative estimate of drug-likeness (QED) is 0.537. The van der Waals surface area contributed by atoms with Crippen molar-refractivity contribution in [3.05, 3.63) is 23.8 Å². The Hall–Kier alpha value is -2.24. The normalized spacial score (nSPS) is 10.8. The van der Waals surface area contributed by atoms with Crippen molar-refractivity contribution in [2.45, 2.75) is 78.5 Å². The van der Waals surface area contributed by atoms with Crippen molar-refractivity contribution in [2.24, 2.45) is 0 Å². The number of methoxy groups -OCH3 is 1. The lowest BCUT2D eigenvalue weighted by Gasteiger charge is -2.22. The number of carbonyl (C=O) groups is 2. The van der Waals surface area contributed by atoms with E-state index in [-0.39, 0.29) is 17.9 Å². The molecule has 1 aromatic rings. The van der Waals surface area contributed by atoms with E-state index in [1.54, 1.807) is 19.2 Å². The largest absolute Gasteiger partial charge is 0.493 e. The van der Waals surface area contributed by atoms with Crippen molar-refractivity contribution >= 4 is 11.8 Å². The monoisotopic (exact) mass is 378 g/mol. The third-order valence-electron chi connectivity index (χ3n) is 4.01. The van der Waals surface area contributed by atoms with Crippen LogP contribution in [0, 0.1) is 0 Å². The van der Waals surface area contributed by atoms with Crippen LogP contribution in [0.15, 0.2) is 18.2 Å². The molecule has 6 heteroatoms. The average Bonchev–Trinajstić information content (AvgIpc) is 2.64. The van der Waals surface area contributed by atoms with Gasteiger partial charge < -0.3 is 20.1 Å². The molecule has 0 atom stereocenters. The highest BCUT2D eigenvalue weighted by Crippen LogP contribution is 2.30. The molecule has 0 fully saturated rings. The minimum absolute atomic E-state index is 0.0167. The summed E-state index contributed by atoms with van der Waals surface area (Å²) in [6.07, 6.45) is 3.79. The summed E-state index contributed by atoms with van der Waals surface area (Å²) in [5.74, 6) is 1.03. The van der Waals surface area contributed by atoms with Crippen LogP contribution >= 0.6 is 0 Å². The summed E-state index contributed by atoms with van der Waals surface area (Å²) >= 11 is 0. The second-order valence-corrected chi connectivity index (χ2v) is 6.85. The summed E-state index contributed by atoms with van der Waals surface area (Å²) in [4.78, 5) is 24.5. The first-order chi connectivity index (χ1) is 12.9. The maximum atomic E-state index is 12.2. The van der Waals surface area contributed by atoms with E-state index in [4.69, 9.17) is 9.47 Å². The Balaban J connectivity index is 3.01. The highest BCUT2D eigenvalue weighted by atomic mass is 16.5. The van der Waals surface area contributed by atoms with Crippen LogP contribution < -0.4 is 20.1 Å². The second-order valence-electron chi connectivity index (χ2n) is 6.85. The van der Waals surface area contributed by atoms with E-state index in [2.05, 4.69) is 10.6 Å². The lowest BCUT2D eigenvalue weighted by molar-refractivity contribution is -0.124. The number of ether oxygens (including phenoxy) is 2. The van der Waals surface area contributed by atoms with Crippen LogP contribution in [-0.4, -0.2) is 25.0 Å². The highest BCUT2D eigenvalue weighted by Gasteiger charge is 2.19. The molecule has 0 aliphatic heterocycles. The standard InChI is InChI=1S/C21H34N2O4/c1-6-8-10-19(24)22-21(23-20(25)11-9-7-2)16-12-13-17(27-15(3)4)18(14-16)26-5/h12-15,21H,6-11H2,1-5H3,(H,22,24)(H,23,25). The van der Waals surface area contributed by atoms with Crippen molar-refractivity contribution in [3.8, 4) is 11.5 Å². The van der Waals surface area contributed by atoms with Crippen LogP contribution in [0.1, 0.15) is 77.9 Å². The first kappa shape index (κ1) is 22.8. The molecule has 0 aliphatic rings. The van der Waals surface area contributed by atoms with Gasteiger partial charge in [-0.05, 0) is 44.4 Å². The van der Waals surface area contributed by atoms with E-state index >= 15 is 0 Å². The van der Waals surface area contributed by atoms with E-state index in [1.807, 2.05) is 33.8 Å². The lowest BCUT2D eigenvalue weighted by atomic mass is 10.1. The Labute approximate surface area is 163 Å². The Morgan fingerprint density at radius 2 is 1.52 bits per heavy atom. The topological polar surface area (TPSA) is 76.7 Å². The van der Waals surface area contributed by atoms with Gasteiger partial charge in [-0.15, -0.1) is 0 Å². The zero-order valence-electron chi connectivity index (χ0n) is 17.3. The van der Waals surface area contributed by atoms with Gasteiger partial charge in [0, 0.05) is 12.8 Å². The highest BCUT2D eigenvalue weighted by molar-refractivity contribution is 5.79. The summed E-state index contributed by atoms with van der Waals surface area (Å²) in [7, 11) is 1.57. The molecule has 0 spiro atoms. The molecule has 6 nitrogen and oxygen atoms in total. The molecule has 0 unspecified atom stereocenters. The second kappa shape index (κ2) is 12.2. The molecule has 2 N–H and O–H groups in total. The van der Waals surface area contributed by atoms with Gasteiger partial charge in [0.25, 0.3) is 0 Å². The Morgan fingerprint density at radius 1 is 0.963 bits per heavy atom. The van der Waals surface area contributed by atoms with Gasteiger partial charge in [0.05, 0.1) is 13.2 Å². The molecular formula is C21H34N2O4. The summed E-state index contributed by atoms with van der Waals surface area (Å²) in [5, 5.41) is 5.84. The van der Waals surface area contributed by atoms with Crippen LogP contribution in [0.5, 0.6) is 11.5 Å². The van der Waals surface area contributed by atoms with Crippen molar-refractivity contribution in [1.29, 1.82) is 0 Å². The van der Waals surface area contributed by atoms with Gasteiger partial charge in [-0.25, -0.2) is 0 Å². The number of benzene rings is 1. The summed E-state index contributed by atoms with van der Waals surface area (Å²) in [5.41, 5.74) is 0.748. The SMILES string of the molecule is CCCCC(=O)NC(NC(=O)CCCC)c1ccc(OC(C)C)c(OC)c1. The van der Waals surface area contributed by atoms with Crippen LogP contribution in [0.4, 0.5) is 0 Å². The molecule has 2 amide bonds. The number of hydrogen-bond donors (Lipinski definition) is 2. The predicted octanol–water partition coefficient (Wildman–Crippen LogP) is 4.09. The van der Waals surface area contributed by atoms with Gasteiger partial charge >= 0.3 is 0 Å². The number of rotatable bonds is 12. The van der Waals surface area contributed by atoms with Gasteiger partial charge in [0.2, 0.25) is 11.8 Å². The number of carbonyl (C=O) groups excluding carboxylic acids is 2. The van der Waals surface area contributed by atoms with E-state index in [0.29, 0.717) is 24.3 Å². The molecule has 0 bridgehead atoms. The molecule has 0 saturated heterocycles. The Bertz CT molecular complexity index is 580. The summed E-state index contributed by atoms with van der Waals surface area (Å²) in [6.45, 7) is 7.96. The van der Waals surface area contributed by atoms with Crippen molar-refractivity contribution in [1.82, 2.24) is 10.6 Å². The smallest absolute Gasteiger partial charge is 0.221 e. The molecular weight excluding hydrogens is 344 g/mol. The van der Waals surface area contributed by atoms with Crippen LogP contribution in [0.3, 0.4) is 0 Å². The van der Waals surface area contributed by atoms with Gasteiger partial charge in [0.1, 0.15) is 6.17 Å². The maximum Gasteiger partial charge on any atom is 0.221 e. The zero-order valence-corrected chi connectivity index (χ0v) is 17.3. The fourth-order valence-electron chi connectivity index (χ4n) is 2.56. The lowest BCUT2D eigenvalue weighted by Crippen LogP contribution is -2.41. The molecule has 152 valence electrons. The zero-order chi connectivity index (χ0) is 20.2. The number of amides is 2. The van der Waals surface area contributed by atoms with E-state index in [9.17, 15) is 9.59 Å². The van der Waals surface area contributed by atoms with Gasteiger partial charge in [-0.2, -0.15) is 0 Å². The third kappa shape index (κ3) is 8.33. The van der Waals surface area contributed by atoms with Crippen molar-refractivity contribution < 1.29 is 19.1 Å². The Morgan fingerprint density at radius 3 is 1.96 bits per heavy atom. The first-order valence-electron chi connectivity index (χ1n) is 9.84. The predicted molar refractivity (Wildman–Crippen MR) is 107 cm³/mol. The minimum Gasteiger partial charge on any atom is -0.493 e. The van der Waals surface area contributed by atoms with Crippen LogP contribution in [-0.2, 0) is 9.59 Å². The Kier molecular flexibility index (Phi) is 10.3. The first-order valence-corrected chi connectivity index (χ1v) is 9.84. The summed E-state index contributed by atoms with van der Waals surface area (Å²) < 4.78 is 11.2. The third-order valence-corrected chi connectivity index (χ3v) is 4.01. The van der Waals surface area contributed by atoms with Crippen molar-refractivity contribution in [2.75, 3.05) is 7.11 Å². The van der Waals surface area contributed by atoms with Crippen molar-refractivity contribution in [3.63, 3.8) is 0 Å². The van der Waals surface area contributed by atoms with Gasteiger partial charge in [-0.3, -0.25) is 9.59 Å². The molecule has 0 aliphatic carbocycles. The van der Waals surface area contributed by atoms with Crippen LogP contribution in [0.25, 0.3) is 0 Å². The molecule has 1 aromatic carbocycles. The van der Waals surface area contributed by atoms with E-state index < -0.39 is 6.17 Å². The average molecular weight is 379 g/mol. The maximum absolute atomic E-state index is 12.2.